The lowest BCUT2D eigenvalue weighted by Gasteiger charge is -2.11. The maximum absolute atomic E-state index is 13.5. The number of thiophene rings is 1. The number of benzene rings is 2. The first-order valence-corrected chi connectivity index (χ1v) is 12.1. The number of carbonyl (C=O) groups excluding carboxylic acids is 2. The molecule has 0 spiro atoms. The molecule has 0 fully saturated rings. The van der Waals surface area contributed by atoms with Crippen LogP contribution in [0.3, 0.4) is 0 Å². The minimum absolute atomic E-state index is 0.00859. The van der Waals surface area contributed by atoms with E-state index in [1.807, 2.05) is 6.92 Å². The Morgan fingerprint density at radius 3 is 2.41 bits per heavy atom. The normalized spacial score (nSPS) is 10.8. The molecule has 2 aromatic carbocycles. The molecule has 4 aromatic rings. The van der Waals surface area contributed by atoms with E-state index in [1.165, 1.54) is 0 Å². The average molecular weight is 542 g/mol. The molecule has 0 bridgehead atoms. The molecule has 10 heteroatoms. The van der Waals surface area contributed by atoms with Gasteiger partial charge in [0.05, 0.1) is 24.3 Å². The number of halogens is 1. The van der Waals surface area contributed by atoms with Crippen LogP contribution in [0.15, 0.2) is 63.2 Å². The van der Waals surface area contributed by atoms with Crippen molar-refractivity contribution in [2.24, 2.45) is 0 Å². The molecule has 0 unspecified atom stereocenters. The molecular formula is C24H20BrN3O5S. The number of nitrogens with zero attached hydrogens (tertiary/aromatic N) is 2. The number of amides is 1. The first-order valence-electron chi connectivity index (χ1n) is 10.4. The molecule has 2 heterocycles. The molecule has 0 saturated carbocycles. The molecule has 0 atom stereocenters. The second kappa shape index (κ2) is 10.2. The van der Waals surface area contributed by atoms with E-state index < -0.39 is 11.5 Å². The third-order valence-electron chi connectivity index (χ3n) is 4.85. The summed E-state index contributed by atoms with van der Waals surface area (Å²) in [5.74, 6) is -0.391. The largest absolute Gasteiger partial charge is 0.494 e. The number of esters is 1. The summed E-state index contributed by atoms with van der Waals surface area (Å²) in [6, 6.07) is 13.6. The van der Waals surface area contributed by atoms with Gasteiger partial charge in [0.1, 0.15) is 10.8 Å². The summed E-state index contributed by atoms with van der Waals surface area (Å²) < 4.78 is 12.6. The van der Waals surface area contributed by atoms with Crippen molar-refractivity contribution in [1.82, 2.24) is 9.78 Å². The van der Waals surface area contributed by atoms with Crippen LogP contribution >= 0.6 is 27.3 Å². The fourth-order valence-electron chi connectivity index (χ4n) is 3.29. The lowest BCUT2D eigenvalue weighted by Crippen LogP contribution is -2.25. The number of rotatable bonds is 7. The van der Waals surface area contributed by atoms with E-state index >= 15 is 0 Å². The molecule has 0 radical (unpaired) electrons. The van der Waals surface area contributed by atoms with Crippen LogP contribution in [0, 0.1) is 0 Å². The van der Waals surface area contributed by atoms with Crippen LogP contribution in [0.1, 0.15) is 34.7 Å². The van der Waals surface area contributed by atoms with E-state index in [9.17, 15) is 14.4 Å². The van der Waals surface area contributed by atoms with Crippen molar-refractivity contribution in [3.8, 4) is 11.4 Å². The molecule has 4 rings (SSSR count). The number of aromatic nitrogens is 2. The first kappa shape index (κ1) is 23.7. The van der Waals surface area contributed by atoms with Gasteiger partial charge in [-0.25, -0.2) is 4.79 Å². The molecule has 1 N–H and O–H groups in total. The molecule has 0 saturated heterocycles. The van der Waals surface area contributed by atoms with Crippen molar-refractivity contribution in [2.45, 2.75) is 13.8 Å². The summed E-state index contributed by atoms with van der Waals surface area (Å²) in [5, 5.41) is 9.54. The van der Waals surface area contributed by atoms with Gasteiger partial charge in [0.25, 0.3) is 11.5 Å². The Hall–Kier alpha value is -3.50. The molecule has 0 aliphatic carbocycles. The summed E-state index contributed by atoms with van der Waals surface area (Å²) >= 11 is 4.49. The number of nitrogens with one attached hydrogen (secondary N) is 1. The quantitative estimate of drug-likeness (QED) is 0.329. The van der Waals surface area contributed by atoms with Crippen molar-refractivity contribution in [1.29, 1.82) is 0 Å². The van der Waals surface area contributed by atoms with Crippen molar-refractivity contribution < 1.29 is 19.1 Å². The van der Waals surface area contributed by atoms with Crippen LogP contribution in [-0.2, 0) is 4.74 Å². The molecule has 1 amide bonds. The number of carbonyl (C=O) groups is 2. The van der Waals surface area contributed by atoms with Crippen LogP contribution in [0.5, 0.6) is 5.75 Å². The van der Waals surface area contributed by atoms with Gasteiger partial charge in [0, 0.05) is 20.8 Å². The third-order valence-corrected chi connectivity index (χ3v) is 6.27. The Morgan fingerprint density at radius 2 is 1.76 bits per heavy atom. The highest BCUT2D eigenvalue weighted by atomic mass is 79.9. The summed E-state index contributed by atoms with van der Waals surface area (Å²) in [5.41, 5.74) is 0.388. The van der Waals surface area contributed by atoms with Crippen LogP contribution in [0.25, 0.3) is 16.5 Å². The van der Waals surface area contributed by atoms with Gasteiger partial charge in [-0.2, -0.15) is 9.78 Å². The van der Waals surface area contributed by atoms with Gasteiger partial charge < -0.3 is 14.8 Å². The Morgan fingerprint density at radius 1 is 1.06 bits per heavy atom. The average Bonchev–Trinajstić information content (AvgIpc) is 3.25. The summed E-state index contributed by atoms with van der Waals surface area (Å²) in [7, 11) is 0. The topological polar surface area (TPSA) is 99.5 Å². The standard InChI is InChI=1S/C24H20BrN3O5S/c1-3-32-17-11-9-16(10-12-17)28-23(30)19-18(20(27-28)24(31)33-4-2)13-34-22(19)26-21(29)14-5-7-15(25)8-6-14/h5-13H,3-4H2,1-2H3,(H,26,29). The van der Waals surface area contributed by atoms with Crippen molar-refractivity contribution >= 4 is 54.9 Å². The Balaban J connectivity index is 1.84. The van der Waals surface area contributed by atoms with Gasteiger partial charge in [-0.15, -0.1) is 11.3 Å². The van der Waals surface area contributed by atoms with Gasteiger partial charge in [0.2, 0.25) is 0 Å². The minimum atomic E-state index is -0.657. The maximum atomic E-state index is 13.5. The molecule has 174 valence electrons. The maximum Gasteiger partial charge on any atom is 0.359 e. The summed E-state index contributed by atoms with van der Waals surface area (Å²) in [6.07, 6.45) is 0. The lowest BCUT2D eigenvalue weighted by molar-refractivity contribution is 0.0520. The highest BCUT2D eigenvalue weighted by molar-refractivity contribution is 9.10. The highest BCUT2D eigenvalue weighted by Gasteiger charge is 2.23. The Kier molecular flexibility index (Phi) is 7.09. The van der Waals surface area contributed by atoms with E-state index in [0.717, 1.165) is 20.5 Å². The van der Waals surface area contributed by atoms with Gasteiger partial charge in [-0.1, -0.05) is 15.9 Å². The third kappa shape index (κ3) is 4.73. The molecule has 8 nitrogen and oxygen atoms in total. The lowest BCUT2D eigenvalue weighted by atomic mass is 10.2. The van der Waals surface area contributed by atoms with E-state index in [1.54, 1.807) is 60.8 Å². The number of hydrogen-bond acceptors (Lipinski definition) is 7. The summed E-state index contributed by atoms with van der Waals surface area (Å²) in [6.45, 7) is 4.23. The Labute approximate surface area is 207 Å². The van der Waals surface area contributed by atoms with E-state index in [-0.39, 0.29) is 23.6 Å². The van der Waals surface area contributed by atoms with Crippen molar-refractivity contribution in [3.05, 3.63) is 80.0 Å². The smallest absolute Gasteiger partial charge is 0.359 e. The highest BCUT2D eigenvalue weighted by Crippen LogP contribution is 2.31. The van der Waals surface area contributed by atoms with Gasteiger partial charge in [0.15, 0.2) is 5.69 Å². The number of fused-ring (bicyclic) bond motifs is 1. The van der Waals surface area contributed by atoms with Crippen molar-refractivity contribution in [3.63, 3.8) is 0 Å². The van der Waals surface area contributed by atoms with Gasteiger partial charge in [-0.3, -0.25) is 9.59 Å². The van der Waals surface area contributed by atoms with E-state index in [0.29, 0.717) is 34.0 Å². The monoisotopic (exact) mass is 541 g/mol. The molecule has 2 aromatic heterocycles. The van der Waals surface area contributed by atoms with Crippen molar-refractivity contribution in [2.75, 3.05) is 18.5 Å². The molecule has 34 heavy (non-hydrogen) atoms. The fourth-order valence-corrected chi connectivity index (χ4v) is 4.49. The predicted octanol–water partition coefficient (Wildman–Crippen LogP) is 5.04. The molecule has 0 aliphatic heterocycles. The van der Waals surface area contributed by atoms with Crippen LogP contribution in [0.4, 0.5) is 5.00 Å². The van der Waals surface area contributed by atoms with Gasteiger partial charge in [-0.05, 0) is 62.4 Å². The zero-order valence-corrected chi connectivity index (χ0v) is 20.7. The SMILES string of the molecule is CCOC(=O)c1nn(-c2ccc(OCC)cc2)c(=O)c2c(NC(=O)c3ccc(Br)cc3)scc12. The first-order chi connectivity index (χ1) is 16.4. The minimum Gasteiger partial charge on any atom is -0.494 e. The van der Waals surface area contributed by atoms with Crippen LogP contribution in [0.2, 0.25) is 0 Å². The van der Waals surface area contributed by atoms with E-state index in [2.05, 4.69) is 26.3 Å². The van der Waals surface area contributed by atoms with Gasteiger partial charge >= 0.3 is 5.97 Å². The van der Waals surface area contributed by atoms with Crippen LogP contribution in [-0.4, -0.2) is 34.9 Å². The second-order valence-electron chi connectivity index (χ2n) is 7.03. The number of hydrogen-bond donors (Lipinski definition) is 1. The number of anilines is 1. The zero-order chi connectivity index (χ0) is 24.2. The Bertz CT molecular complexity index is 1410. The molecular weight excluding hydrogens is 522 g/mol. The zero-order valence-electron chi connectivity index (χ0n) is 18.3. The van der Waals surface area contributed by atoms with E-state index in [4.69, 9.17) is 9.47 Å². The molecule has 0 aliphatic rings. The predicted molar refractivity (Wildman–Crippen MR) is 134 cm³/mol. The second-order valence-corrected chi connectivity index (χ2v) is 8.82. The fraction of sp³-hybridized carbons (Fsp3) is 0.167. The number of ether oxygens (including phenoxy) is 2. The summed E-state index contributed by atoms with van der Waals surface area (Å²) in [4.78, 5) is 39.0. The van der Waals surface area contributed by atoms with Crippen LogP contribution < -0.4 is 15.6 Å².